The van der Waals surface area contributed by atoms with Crippen LogP contribution in [0.25, 0.3) is 0 Å². The number of alkyl halides is 3. The van der Waals surface area contributed by atoms with E-state index in [1.165, 1.54) is 0 Å². The first-order valence-corrected chi connectivity index (χ1v) is 7.00. The second-order valence-electron chi connectivity index (χ2n) is 4.38. The molecule has 0 bridgehead atoms. The highest BCUT2D eigenvalue weighted by Crippen LogP contribution is 2.33. The van der Waals surface area contributed by atoms with Crippen molar-refractivity contribution >= 4 is 27.7 Å². The molecule has 116 valence electrons. The maximum absolute atomic E-state index is 12.5. The van der Waals surface area contributed by atoms with Gasteiger partial charge in [0.25, 0.3) is 0 Å². The molecule has 0 aliphatic rings. The lowest BCUT2D eigenvalue weighted by Crippen LogP contribution is -2.14. The summed E-state index contributed by atoms with van der Waals surface area (Å²) in [6, 6.07) is 12.0. The highest BCUT2D eigenvalue weighted by Gasteiger charge is 2.30. The number of carbonyl (C=O) groups excluding carboxylic acids is 1. The molecule has 3 nitrogen and oxygen atoms in total. The molecule has 0 atom stereocenters. The summed E-state index contributed by atoms with van der Waals surface area (Å²) in [4.78, 5) is 11.6. The minimum atomic E-state index is -4.44. The highest BCUT2D eigenvalue weighted by molar-refractivity contribution is 9.10. The molecule has 0 aromatic heterocycles. The monoisotopic (exact) mass is 373 g/mol. The molecule has 0 aliphatic heterocycles. The van der Waals surface area contributed by atoms with Gasteiger partial charge in [0, 0.05) is 4.47 Å². The summed E-state index contributed by atoms with van der Waals surface area (Å²) in [5, 5.41) is 2.38. The summed E-state index contributed by atoms with van der Waals surface area (Å²) >= 11 is 2.99. The second kappa shape index (κ2) is 6.83. The first kappa shape index (κ1) is 16.4. The molecule has 0 radical (unpaired) electrons. The van der Waals surface area contributed by atoms with Gasteiger partial charge in [-0.15, -0.1) is 0 Å². The van der Waals surface area contributed by atoms with Gasteiger partial charge < -0.3 is 4.74 Å². The zero-order chi connectivity index (χ0) is 16.2. The van der Waals surface area contributed by atoms with Gasteiger partial charge in [-0.05, 0) is 39.7 Å². The van der Waals surface area contributed by atoms with Crippen molar-refractivity contribution in [3.8, 4) is 0 Å². The van der Waals surface area contributed by atoms with Crippen LogP contribution in [-0.2, 0) is 17.5 Å². The van der Waals surface area contributed by atoms with E-state index in [0.717, 1.165) is 23.8 Å². The summed E-state index contributed by atoms with van der Waals surface area (Å²) < 4.78 is 42.7. The zero-order valence-corrected chi connectivity index (χ0v) is 12.7. The van der Waals surface area contributed by atoms with E-state index in [1.807, 2.05) is 18.2 Å². The van der Waals surface area contributed by atoms with E-state index < -0.39 is 17.8 Å². The van der Waals surface area contributed by atoms with Gasteiger partial charge in [-0.2, -0.15) is 13.2 Å². The molecule has 0 unspecified atom stereocenters. The molecule has 22 heavy (non-hydrogen) atoms. The molecule has 0 saturated carbocycles. The van der Waals surface area contributed by atoms with E-state index in [2.05, 4.69) is 21.2 Å². The number of rotatable bonds is 3. The van der Waals surface area contributed by atoms with Crippen LogP contribution >= 0.6 is 15.9 Å². The molecular formula is C15H11BrF3NO2. The van der Waals surface area contributed by atoms with Gasteiger partial charge in [0.15, 0.2) is 0 Å². The number of ether oxygens (including phenoxy) is 1. The minimum absolute atomic E-state index is 0.0743. The standard InChI is InChI=1S/C15H11BrF3NO2/c16-12-8-11(15(17,18)19)6-7-13(12)20-14(21)22-9-10-4-2-1-3-5-10/h1-8H,9H2,(H,20,21). The van der Waals surface area contributed by atoms with Crippen LogP contribution < -0.4 is 5.32 Å². The van der Waals surface area contributed by atoms with Crippen LogP contribution in [0.2, 0.25) is 0 Å². The Kier molecular flexibility index (Phi) is 5.07. The summed E-state index contributed by atoms with van der Waals surface area (Å²) in [5.74, 6) is 0. The Morgan fingerprint density at radius 1 is 1.14 bits per heavy atom. The minimum Gasteiger partial charge on any atom is -0.444 e. The summed E-state index contributed by atoms with van der Waals surface area (Å²) in [5.41, 5.74) is 0.206. The molecule has 0 saturated heterocycles. The van der Waals surface area contributed by atoms with Gasteiger partial charge >= 0.3 is 12.3 Å². The quantitative estimate of drug-likeness (QED) is 0.801. The van der Waals surface area contributed by atoms with Crippen molar-refractivity contribution in [3.63, 3.8) is 0 Å². The third-order valence-corrected chi connectivity index (χ3v) is 3.40. The molecule has 0 heterocycles. The largest absolute Gasteiger partial charge is 0.444 e. The van der Waals surface area contributed by atoms with Crippen LogP contribution in [0.3, 0.4) is 0 Å². The van der Waals surface area contributed by atoms with Crippen molar-refractivity contribution in [2.45, 2.75) is 12.8 Å². The Bertz CT molecular complexity index is 660. The third kappa shape index (κ3) is 4.49. The molecule has 1 amide bonds. The molecule has 0 aliphatic carbocycles. The van der Waals surface area contributed by atoms with Crippen LogP contribution in [0.1, 0.15) is 11.1 Å². The summed E-state index contributed by atoms with van der Waals surface area (Å²) in [7, 11) is 0. The van der Waals surface area contributed by atoms with Crippen LogP contribution in [0.5, 0.6) is 0 Å². The van der Waals surface area contributed by atoms with Gasteiger partial charge in [0.1, 0.15) is 6.61 Å². The van der Waals surface area contributed by atoms with Crippen LogP contribution in [0.15, 0.2) is 53.0 Å². The van der Waals surface area contributed by atoms with E-state index in [4.69, 9.17) is 4.74 Å². The number of hydrogen-bond acceptors (Lipinski definition) is 2. The van der Waals surface area contributed by atoms with E-state index in [-0.39, 0.29) is 16.8 Å². The van der Waals surface area contributed by atoms with E-state index >= 15 is 0 Å². The lowest BCUT2D eigenvalue weighted by atomic mass is 10.2. The fraction of sp³-hybridized carbons (Fsp3) is 0.133. The number of hydrogen-bond donors (Lipinski definition) is 1. The molecule has 0 fully saturated rings. The Morgan fingerprint density at radius 3 is 2.41 bits per heavy atom. The Labute approximate surface area is 133 Å². The summed E-state index contributed by atoms with van der Waals surface area (Å²) in [6.45, 7) is 0.0743. The topological polar surface area (TPSA) is 38.3 Å². The first-order chi connectivity index (χ1) is 10.4. The van der Waals surface area contributed by atoms with Crippen molar-refractivity contribution in [3.05, 3.63) is 64.1 Å². The van der Waals surface area contributed by atoms with E-state index in [9.17, 15) is 18.0 Å². The summed E-state index contributed by atoms with van der Waals surface area (Å²) in [6.07, 6.45) is -5.18. The van der Waals surface area contributed by atoms with Crippen LogP contribution in [0.4, 0.5) is 23.7 Å². The maximum Gasteiger partial charge on any atom is 0.416 e. The van der Waals surface area contributed by atoms with Gasteiger partial charge in [0.05, 0.1) is 11.3 Å². The van der Waals surface area contributed by atoms with Gasteiger partial charge in [-0.25, -0.2) is 4.79 Å². The molecule has 2 aromatic rings. The molecule has 7 heteroatoms. The van der Waals surface area contributed by atoms with Crippen LogP contribution in [-0.4, -0.2) is 6.09 Å². The number of benzene rings is 2. The van der Waals surface area contributed by atoms with Gasteiger partial charge in [-0.1, -0.05) is 30.3 Å². The Morgan fingerprint density at radius 2 is 1.82 bits per heavy atom. The van der Waals surface area contributed by atoms with Crippen molar-refractivity contribution in [1.29, 1.82) is 0 Å². The fourth-order valence-electron chi connectivity index (χ4n) is 1.66. The van der Waals surface area contributed by atoms with Gasteiger partial charge in [-0.3, -0.25) is 5.32 Å². The lowest BCUT2D eigenvalue weighted by Gasteiger charge is -2.11. The smallest absolute Gasteiger partial charge is 0.416 e. The van der Waals surface area contributed by atoms with Crippen molar-refractivity contribution in [1.82, 2.24) is 0 Å². The van der Waals surface area contributed by atoms with Crippen molar-refractivity contribution < 1.29 is 22.7 Å². The predicted octanol–water partition coefficient (Wildman–Crippen LogP) is 5.22. The molecule has 1 N–H and O–H groups in total. The molecule has 2 aromatic carbocycles. The van der Waals surface area contributed by atoms with Crippen LogP contribution in [0, 0.1) is 0 Å². The number of nitrogens with one attached hydrogen (secondary N) is 1. The Balaban J connectivity index is 1.97. The van der Waals surface area contributed by atoms with Crippen molar-refractivity contribution in [2.75, 3.05) is 5.32 Å². The van der Waals surface area contributed by atoms with Gasteiger partial charge in [0.2, 0.25) is 0 Å². The number of amides is 1. The fourth-order valence-corrected chi connectivity index (χ4v) is 2.14. The normalized spacial score (nSPS) is 11.1. The average Bonchev–Trinajstić information content (AvgIpc) is 2.47. The highest BCUT2D eigenvalue weighted by atomic mass is 79.9. The van der Waals surface area contributed by atoms with E-state index in [1.54, 1.807) is 12.1 Å². The Hall–Kier alpha value is -2.02. The number of carbonyl (C=O) groups is 1. The van der Waals surface area contributed by atoms with E-state index in [0.29, 0.717) is 0 Å². The lowest BCUT2D eigenvalue weighted by molar-refractivity contribution is -0.137. The first-order valence-electron chi connectivity index (χ1n) is 6.21. The number of anilines is 1. The predicted molar refractivity (Wildman–Crippen MR) is 79.4 cm³/mol. The zero-order valence-electron chi connectivity index (χ0n) is 11.2. The second-order valence-corrected chi connectivity index (χ2v) is 5.23. The third-order valence-electron chi connectivity index (χ3n) is 2.75. The maximum atomic E-state index is 12.5. The van der Waals surface area contributed by atoms with Crippen molar-refractivity contribution in [2.24, 2.45) is 0 Å². The molecule has 2 rings (SSSR count). The molecule has 0 spiro atoms. The number of halogens is 4. The molecular weight excluding hydrogens is 363 g/mol. The SMILES string of the molecule is O=C(Nc1ccc(C(F)(F)F)cc1Br)OCc1ccccc1. The average molecular weight is 374 g/mol.